The van der Waals surface area contributed by atoms with Crippen LogP contribution in [-0.4, -0.2) is 6.29 Å². The number of hydrogen-bond donors (Lipinski definition) is 0. The maximum Gasteiger partial charge on any atom is 0.123 e. The Balaban J connectivity index is 2.22. The molecule has 0 aromatic rings. The summed E-state index contributed by atoms with van der Waals surface area (Å²) in [4.78, 5) is 10.9. The topological polar surface area (TPSA) is 17.1 Å². The fourth-order valence-corrected chi connectivity index (χ4v) is 3.03. The Labute approximate surface area is 73.8 Å². The molecule has 66 valence electrons. The van der Waals surface area contributed by atoms with Gasteiger partial charge in [-0.15, -0.1) is 0 Å². The fourth-order valence-electron chi connectivity index (χ4n) is 3.03. The van der Waals surface area contributed by atoms with Gasteiger partial charge in [-0.3, -0.25) is 0 Å². The van der Waals surface area contributed by atoms with Crippen molar-refractivity contribution in [1.29, 1.82) is 0 Å². The van der Waals surface area contributed by atoms with Crippen LogP contribution in [-0.2, 0) is 4.79 Å². The molecular formula is C11H16O. The van der Waals surface area contributed by atoms with Crippen molar-refractivity contribution in [2.75, 3.05) is 0 Å². The quantitative estimate of drug-likeness (QED) is 0.452. The molecule has 0 spiro atoms. The molecule has 0 aromatic heterocycles. The molecule has 2 aliphatic carbocycles. The van der Waals surface area contributed by atoms with Gasteiger partial charge in [-0.05, 0) is 30.1 Å². The van der Waals surface area contributed by atoms with Gasteiger partial charge in [-0.1, -0.05) is 26.0 Å². The molecule has 12 heavy (non-hydrogen) atoms. The van der Waals surface area contributed by atoms with Gasteiger partial charge >= 0.3 is 0 Å². The molecule has 1 fully saturated rings. The predicted octanol–water partition coefficient (Wildman–Crippen LogP) is 2.28. The summed E-state index contributed by atoms with van der Waals surface area (Å²) < 4.78 is 0. The van der Waals surface area contributed by atoms with Crippen LogP contribution in [0.25, 0.3) is 0 Å². The molecule has 1 saturated carbocycles. The van der Waals surface area contributed by atoms with Crippen LogP contribution >= 0.6 is 0 Å². The van der Waals surface area contributed by atoms with Crippen molar-refractivity contribution < 1.29 is 4.79 Å². The molecule has 2 bridgehead atoms. The lowest BCUT2D eigenvalue weighted by molar-refractivity contribution is -0.113. The van der Waals surface area contributed by atoms with Crippen LogP contribution in [0.1, 0.15) is 20.3 Å². The molecule has 1 heteroatoms. The second kappa shape index (κ2) is 2.72. The molecule has 4 atom stereocenters. The minimum Gasteiger partial charge on any atom is -0.303 e. The number of aldehydes is 1. The van der Waals surface area contributed by atoms with E-state index in [0.29, 0.717) is 29.6 Å². The monoisotopic (exact) mass is 164 g/mol. The lowest BCUT2D eigenvalue weighted by Gasteiger charge is -2.27. The number of rotatable bonds is 2. The highest BCUT2D eigenvalue weighted by Crippen LogP contribution is 2.49. The Morgan fingerprint density at radius 2 is 2.00 bits per heavy atom. The van der Waals surface area contributed by atoms with Crippen LogP contribution in [0, 0.1) is 29.6 Å². The molecule has 4 unspecified atom stereocenters. The molecule has 0 radical (unpaired) electrons. The standard InChI is InChI=1S/C11H16O/c1-7(2)11-9-4-3-8(5-9)10(11)6-12/h3-4,6-11H,5H2,1-2H3. The van der Waals surface area contributed by atoms with Crippen molar-refractivity contribution in [2.24, 2.45) is 29.6 Å². The van der Waals surface area contributed by atoms with Crippen molar-refractivity contribution in [2.45, 2.75) is 20.3 Å². The lowest BCUT2D eigenvalue weighted by atomic mass is 9.77. The Morgan fingerprint density at radius 1 is 1.33 bits per heavy atom. The summed E-state index contributed by atoms with van der Waals surface area (Å²) in [7, 11) is 0. The van der Waals surface area contributed by atoms with Crippen LogP contribution in [0.2, 0.25) is 0 Å². The molecular weight excluding hydrogens is 148 g/mol. The number of allylic oxidation sites excluding steroid dienone is 2. The first-order valence-corrected chi connectivity index (χ1v) is 4.87. The van der Waals surface area contributed by atoms with E-state index in [9.17, 15) is 4.79 Å². The maximum atomic E-state index is 10.9. The van der Waals surface area contributed by atoms with E-state index in [1.54, 1.807) is 0 Å². The van der Waals surface area contributed by atoms with Gasteiger partial charge < -0.3 is 4.79 Å². The highest BCUT2D eigenvalue weighted by molar-refractivity contribution is 5.57. The van der Waals surface area contributed by atoms with Crippen molar-refractivity contribution in [3.63, 3.8) is 0 Å². The average Bonchev–Trinajstić information content (AvgIpc) is 2.60. The lowest BCUT2D eigenvalue weighted by Crippen LogP contribution is -2.25. The first-order valence-electron chi connectivity index (χ1n) is 4.87. The van der Waals surface area contributed by atoms with Gasteiger partial charge in [0.25, 0.3) is 0 Å². The highest BCUT2D eigenvalue weighted by Gasteiger charge is 2.45. The second-order valence-corrected chi connectivity index (χ2v) is 4.48. The van der Waals surface area contributed by atoms with E-state index in [-0.39, 0.29) is 0 Å². The van der Waals surface area contributed by atoms with E-state index in [4.69, 9.17) is 0 Å². The third kappa shape index (κ3) is 0.954. The van der Waals surface area contributed by atoms with Crippen LogP contribution in [0.4, 0.5) is 0 Å². The van der Waals surface area contributed by atoms with Gasteiger partial charge in [0, 0.05) is 5.92 Å². The Kier molecular flexibility index (Phi) is 1.82. The van der Waals surface area contributed by atoms with Gasteiger partial charge in [-0.2, -0.15) is 0 Å². The predicted molar refractivity (Wildman–Crippen MR) is 48.6 cm³/mol. The third-order valence-electron chi connectivity index (χ3n) is 3.51. The molecule has 0 aromatic carbocycles. The van der Waals surface area contributed by atoms with Crippen LogP contribution in [0.15, 0.2) is 12.2 Å². The highest BCUT2D eigenvalue weighted by atomic mass is 16.1. The summed E-state index contributed by atoms with van der Waals surface area (Å²) >= 11 is 0. The number of hydrogen-bond acceptors (Lipinski definition) is 1. The molecule has 0 heterocycles. The first-order chi connectivity index (χ1) is 5.74. The van der Waals surface area contributed by atoms with E-state index in [2.05, 4.69) is 26.0 Å². The summed E-state index contributed by atoms with van der Waals surface area (Å²) in [5.74, 6) is 2.86. The van der Waals surface area contributed by atoms with E-state index in [1.165, 1.54) is 12.7 Å². The van der Waals surface area contributed by atoms with Gasteiger partial charge in [0.05, 0.1) is 0 Å². The van der Waals surface area contributed by atoms with Crippen LogP contribution in [0.5, 0.6) is 0 Å². The van der Waals surface area contributed by atoms with E-state index in [1.807, 2.05) is 0 Å². The zero-order valence-corrected chi connectivity index (χ0v) is 7.73. The number of carbonyl (C=O) groups is 1. The smallest absolute Gasteiger partial charge is 0.123 e. The third-order valence-corrected chi connectivity index (χ3v) is 3.51. The molecule has 2 rings (SSSR count). The SMILES string of the molecule is CC(C)C1C2C=CC(C2)C1C=O. The zero-order valence-electron chi connectivity index (χ0n) is 7.73. The normalized spacial score (nSPS) is 44.2. The first kappa shape index (κ1) is 8.03. The van der Waals surface area contributed by atoms with Crippen molar-refractivity contribution >= 4 is 6.29 Å². The van der Waals surface area contributed by atoms with E-state index >= 15 is 0 Å². The fraction of sp³-hybridized carbons (Fsp3) is 0.727. The molecule has 0 amide bonds. The van der Waals surface area contributed by atoms with Gasteiger partial charge in [0.2, 0.25) is 0 Å². The van der Waals surface area contributed by atoms with E-state index < -0.39 is 0 Å². The zero-order chi connectivity index (χ0) is 8.72. The minimum atomic E-state index is 0.319. The summed E-state index contributed by atoms with van der Waals surface area (Å²) in [5, 5.41) is 0. The largest absolute Gasteiger partial charge is 0.303 e. The molecule has 1 nitrogen and oxygen atoms in total. The van der Waals surface area contributed by atoms with Crippen molar-refractivity contribution in [3.8, 4) is 0 Å². The van der Waals surface area contributed by atoms with Gasteiger partial charge in [0.15, 0.2) is 0 Å². The van der Waals surface area contributed by atoms with Crippen LogP contribution in [0.3, 0.4) is 0 Å². The average molecular weight is 164 g/mol. The Hall–Kier alpha value is -0.590. The summed E-state index contributed by atoms with van der Waals surface area (Å²) in [5.41, 5.74) is 0. The van der Waals surface area contributed by atoms with Crippen molar-refractivity contribution in [3.05, 3.63) is 12.2 Å². The summed E-state index contributed by atoms with van der Waals surface area (Å²) in [6.07, 6.45) is 6.96. The minimum absolute atomic E-state index is 0.319. The number of carbonyl (C=O) groups excluding carboxylic acids is 1. The molecule has 2 aliphatic rings. The Bertz CT molecular complexity index is 217. The molecule has 0 saturated heterocycles. The summed E-state index contributed by atoms with van der Waals surface area (Å²) in [6.45, 7) is 4.46. The van der Waals surface area contributed by atoms with Crippen molar-refractivity contribution in [1.82, 2.24) is 0 Å². The molecule has 0 aliphatic heterocycles. The van der Waals surface area contributed by atoms with Gasteiger partial charge in [0.1, 0.15) is 6.29 Å². The van der Waals surface area contributed by atoms with Crippen LogP contribution < -0.4 is 0 Å². The second-order valence-electron chi connectivity index (χ2n) is 4.48. The summed E-state index contributed by atoms with van der Waals surface area (Å²) in [6, 6.07) is 0. The Morgan fingerprint density at radius 3 is 2.50 bits per heavy atom. The van der Waals surface area contributed by atoms with E-state index in [0.717, 1.165) is 0 Å². The molecule has 0 N–H and O–H groups in total. The number of fused-ring (bicyclic) bond motifs is 2. The van der Waals surface area contributed by atoms with Gasteiger partial charge in [-0.25, -0.2) is 0 Å². The maximum absolute atomic E-state index is 10.9.